The fourth-order valence-electron chi connectivity index (χ4n) is 2.08. The van der Waals surface area contributed by atoms with E-state index in [1.165, 1.54) is 11.3 Å². The number of aromatic nitrogens is 1. The van der Waals surface area contributed by atoms with Crippen LogP contribution in [-0.2, 0) is 11.2 Å². The molecule has 0 fully saturated rings. The van der Waals surface area contributed by atoms with E-state index in [4.69, 9.17) is 5.11 Å². The van der Waals surface area contributed by atoms with Crippen molar-refractivity contribution in [3.8, 4) is 10.4 Å². The number of fused-ring (bicyclic) bond motifs is 1. The molecule has 1 N–H and O–H groups in total. The number of nitrogens with zero attached hydrogens (tertiary/aromatic N) is 1. The van der Waals surface area contributed by atoms with E-state index in [-0.39, 0.29) is 6.42 Å². The van der Waals surface area contributed by atoms with Gasteiger partial charge in [0, 0.05) is 26.9 Å². The van der Waals surface area contributed by atoms with Gasteiger partial charge >= 0.3 is 5.97 Å². The van der Waals surface area contributed by atoms with Crippen molar-refractivity contribution in [2.75, 3.05) is 0 Å². The second kappa shape index (κ2) is 4.82. The smallest absolute Gasteiger partial charge is 0.308 e. The third-order valence-corrected chi connectivity index (χ3v) is 4.02. The Morgan fingerprint density at radius 3 is 2.89 bits per heavy atom. The number of rotatable bonds is 3. The molecule has 3 aromatic rings. The Labute approximate surface area is 114 Å². The van der Waals surface area contributed by atoms with Gasteiger partial charge in [-0.05, 0) is 24.3 Å². The van der Waals surface area contributed by atoms with Crippen molar-refractivity contribution >= 4 is 28.2 Å². The summed E-state index contributed by atoms with van der Waals surface area (Å²) in [6.45, 7) is 0. The summed E-state index contributed by atoms with van der Waals surface area (Å²) in [6, 6.07) is 13.8. The lowest BCUT2D eigenvalue weighted by Crippen LogP contribution is -1.96. The number of hydrogen-bond donors (Lipinski definition) is 1. The van der Waals surface area contributed by atoms with Crippen molar-refractivity contribution < 1.29 is 9.90 Å². The maximum Gasteiger partial charge on any atom is 0.308 e. The van der Waals surface area contributed by atoms with Crippen LogP contribution in [0.1, 0.15) is 4.88 Å². The van der Waals surface area contributed by atoms with Crippen molar-refractivity contribution in [1.29, 1.82) is 0 Å². The van der Waals surface area contributed by atoms with Crippen LogP contribution in [0, 0.1) is 0 Å². The zero-order valence-corrected chi connectivity index (χ0v) is 10.9. The third-order valence-electron chi connectivity index (χ3n) is 2.90. The molecule has 3 rings (SSSR count). The quantitative estimate of drug-likeness (QED) is 0.790. The first-order valence-corrected chi connectivity index (χ1v) is 6.70. The Morgan fingerprint density at radius 2 is 2.05 bits per heavy atom. The first kappa shape index (κ1) is 11.9. The number of aliphatic carboxylic acids is 1. The molecule has 0 unspecified atom stereocenters. The molecule has 0 aliphatic heterocycles. The molecule has 0 saturated heterocycles. The average Bonchev–Trinajstić information content (AvgIpc) is 2.85. The number of hydrogen-bond acceptors (Lipinski definition) is 3. The van der Waals surface area contributed by atoms with Crippen LogP contribution in [0.5, 0.6) is 0 Å². The Morgan fingerprint density at radius 1 is 1.16 bits per heavy atom. The number of carbonyl (C=O) groups is 1. The minimum Gasteiger partial charge on any atom is -0.481 e. The van der Waals surface area contributed by atoms with Gasteiger partial charge in [-0.2, -0.15) is 0 Å². The third kappa shape index (κ3) is 2.35. The Hall–Kier alpha value is -2.20. The molecular formula is C15H11NO2S. The number of pyridine rings is 1. The molecule has 2 heterocycles. The normalized spacial score (nSPS) is 10.7. The lowest BCUT2D eigenvalue weighted by molar-refractivity contribution is -0.136. The fraction of sp³-hybridized carbons (Fsp3) is 0.0667. The summed E-state index contributed by atoms with van der Waals surface area (Å²) in [7, 11) is 0. The van der Waals surface area contributed by atoms with Gasteiger partial charge in [0.05, 0.1) is 11.9 Å². The molecule has 0 bridgehead atoms. The van der Waals surface area contributed by atoms with Crippen LogP contribution in [-0.4, -0.2) is 16.1 Å². The van der Waals surface area contributed by atoms with Gasteiger partial charge in [-0.15, -0.1) is 11.3 Å². The highest BCUT2D eigenvalue weighted by atomic mass is 32.1. The van der Waals surface area contributed by atoms with Gasteiger partial charge in [-0.25, -0.2) is 0 Å². The second-order valence-electron chi connectivity index (χ2n) is 4.21. The van der Waals surface area contributed by atoms with Crippen LogP contribution in [0.4, 0.5) is 0 Å². The first-order chi connectivity index (χ1) is 9.24. The number of carboxylic acids is 1. The summed E-state index contributed by atoms with van der Waals surface area (Å²) in [5.41, 5.74) is 2.06. The van der Waals surface area contributed by atoms with Crippen LogP contribution < -0.4 is 0 Å². The van der Waals surface area contributed by atoms with Crippen LogP contribution in [0.3, 0.4) is 0 Å². The summed E-state index contributed by atoms with van der Waals surface area (Å²) >= 11 is 1.52. The van der Waals surface area contributed by atoms with E-state index in [0.717, 1.165) is 26.2 Å². The van der Waals surface area contributed by atoms with E-state index in [2.05, 4.69) is 4.98 Å². The molecule has 0 atom stereocenters. The molecule has 0 aliphatic rings. The van der Waals surface area contributed by atoms with Gasteiger partial charge in [0.15, 0.2) is 0 Å². The molecule has 3 nitrogen and oxygen atoms in total. The summed E-state index contributed by atoms with van der Waals surface area (Å²) in [6.07, 6.45) is 1.85. The van der Waals surface area contributed by atoms with E-state index >= 15 is 0 Å². The van der Waals surface area contributed by atoms with E-state index in [1.54, 1.807) is 6.20 Å². The van der Waals surface area contributed by atoms with Crippen LogP contribution in [0.15, 0.2) is 48.7 Å². The second-order valence-corrected chi connectivity index (χ2v) is 5.38. The molecule has 4 heteroatoms. The summed E-state index contributed by atoms with van der Waals surface area (Å²) in [4.78, 5) is 17.0. The van der Waals surface area contributed by atoms with Crippen molar-refractivity contribution in [2.24, 2.45) is 0 Å². The van der Waals surface area contributed by atoms with E-state index in [9.17, 15) is 4.79 Å². The molecule has 0 aliphatic carbocycles. The summed E-state index contributed by atoms with van der Waals surface area (Å²) in [5, 5.41) is 9.91. The van der Waals surface area contributed by atoms with Gasteiger partial charge in [0.25, 0.3) is 0 Å². The van der Waals surface area contributed by atoms with Crippen LogP contribution in [0.2, 0.25) is 0 Å². The van der Waals surface area contributed by atoms with Crippen molar-refractivity contribution in [3.63, 3.8) is 0 Å². The average molecular weight is 269 g/mol. The van der Waals surface area contributed by atoms with E-state index < -0.39 is 5.97 Å². The zero-order valence-electron chi connectivity index (χ0n) is 10.0. The number of benzene rings is 1. The molecule has 0 radical (unpaired) electrons. The molecule has 19 heavy (non-hydrogen) atoms. The highest BCUT2D eigenvalue weighted by Gasteiger charge is 2.08. The zero-order chi connectivity index (χ0) is 13.2. The minimum absolute atomic E-state index is 0.0771. The highest BCUT2D eigenvalue weighted by molar-refractivity contribution is 7.15. The topological polar surface area (TPSA) is 50.2 Å². The van der Waals surface area contributed by atoms with Crippen molar-refractivity contribution in [3.05, 3.63) is 53.5 Å². The van der Waals surface area contributed by atoms with E-state index in [1.807, 2.05) is 42.5 Å². The maximum atomic E-state index is 10.7. The van der Waals surface area contributed by atoms with Crippen LogP contribution in [0.25, 0.3) is 21.3 Å². The lowest BCUT2D eigenvalue weighted by Gasteiger charge is -2.03. The monoisotopic (exact) mass is 269 g/mol. The Kier molecular flexibility index (Phi) is 3.01. The summed E-state index contributed by atoms with van der Waals surface area (Å²) in [5.74, 6) is -0.798. The Balaban J connectivity index is 2.09. The molecule has 0 saturated carbocycles. The van der Waals surface area contributed by atoms with Gasteiger partial charge < -0.3 is 5.11 Å². The van der Waals surface area contributed by atoms with Gasteiger partial charge in [0.1, 0.15) is 0 Å². The Bertz CT molecular complexity index is 743. The maximum absolute atomic E-state index is 10.7. The molecule has 1 aromatic carbocycles. The van der Waals surface area contributed by atoms with Crippen LogP contribution >= 0.6 is 11.3 Å². The molecule has 0 amide bonds. The predicted molar refractivity (Wildman–Crippen MR) is 76.4 cm³/mol. The summed E-state index contributed by atoms with van der Waals surface area (Å²) < 4.78 is 0. The SMILES string of the molecule is O=C(O)Cc1ccc(-c2cccc3ncccc23)s1. The van der Waals surface area contributed by atoms with Gasteiger partial charge in [0.2, 0.25) is 0 Å². The van der Waals surface area contributed by atoms with Gasteiger partial charge in [-0.3, -0.25) is 9.78 Å². The first-order valence-electron chi connectivity index (χ1n) is 5.88. The molecular weight excluding hydrogens is 258 g/mol. The molecule has 2 aromatic heterocycles. The minimum atomic E-state index is -0.798. The van der Waals surface area contributed by atoms with Crippen molar-refractivity contribution in [2.45, 2.75) is 6.42 Å². The fourth-order valence-corrected chi connectivity index (χ4v) is 3.12. The van der Waals surface area contributed by atoms with Crippen molar-refractivity contribution in [1.82, 2.24) is 4.98 Å². The lowest BCUT2D eigenvalue weighted by atomic mass is 10.1. The number of thiophene rings is 1. The predicted octanol–water partition coefficient (Wildman–Crippen LogP) is 3.59. The largest absolute Gasteiger partial charge is 0.481 e. The highest BCUT2D eigenvalue weighted by Crippen LogP contribution is 2.33. The number of carboxylic acid groups (broad SMARTS) is 1. The molecule has 94 valence electrons. The molecule has 0 spiro atoms. The van der Waals surface area contributed by atoms with E-state index in [0.29, 0.717) is 0 Å². The van der Waals surface area contributed by atoms with Gasteiger partial charge in [-0.1, -0.05) is 18.2 Å². The standard InChI is InChI=1S/C15H11NO2S/c17-15(18)9-10-6-7-14(19-10)12-3-1-5-13-11(12)4-2-8-16-13/h1-8H,9H2,(H,17,18).